The SMILES string of the molecule is [C-]#[N+]C1=C(C)NC(C)=C(C#N)C1c1ccc2[nH]nc(OCCN3CCCCC3)c2c1. The Morgan fingerprint density at radius 3 is 2.80 bits per heavy atom. The lowest BCUT2D eigenvalue weighted by molar-refractivity contribution is 0.181. The van der Waals surface area contributed by atoms with E-state index in [1.165, 1.54) is 19.3 Å². The van der Waals surface area contributed by atoms with Gasteiger partial charge in [-0.2, -0.15) is 5.26 Å². The van der Waals surface area contributed by atoms with Crippen molar-refractivity contribution in [2.24, 2.45) is 0 Å². The van der Waals surface area contributed by atoms with Gasteiger partial charge in [-0.3, -0.25) is 10.00 Å². The van der Waals surface area contributed by atoms with Crippen LogP contribution in [0.5, 0.6) is 5.88 Å². The first-order valence-corrected chi connectivity index (χ1v) is 10.4. The lowest BCUT2D eigenvalue weighted by Crippen LogP contribution is -2.33. The fraction of sp³-hybridized carbons (Fsp3) is 0.435. The molecule has 30 heavy (non-hydrogen) atoms. The van der Waals surface area contributed by atoms with Gasteiger partial charge in [0.1, 0.15) is 6.61 Å². The third-order valence-corrected chi connectivity index (χ3v) is 5.95. The number of nitriles is 1. The molecular formula is C23H26N6O. The highest BCUT2D eigenvalue weighted by Gasteiger charge is 2.30. The fourth-order valence-corrected chi connectivity index (χ4v) is 4.36. The molecule has 2 aliphatic rings. The van der Waals surface area contributed by atoms with E-state index in [2.05, 4.69) is 31.3 Å². The van der Waals surface area contributed by atoms with Crippen LogP contribution in [0.25, 0.3) is 15.7 Å². The van der Waals surface area contributed by atoms with E-state index in [1.807, 2.05) is 32.0 Å². The monoisotopic (exact) mass is 402 g/mol. The molecule has 154 valence electrons. The first kappa shape index (κ1) is 20.0. The predicted octanol–water partition coefficient (Wildman–Crippen LogP) is 4.06. The zero-order valence-electron chi connectivity index (χ0n) is 17.5. The number of hydrogen-bond acceptors (Lipinski definition) is 5. The Labute approximate surface area is 176 Å². The van der Waals surface area contributed by atoms with E-state index in [0.717, 1.165) is 47.5 Å². The average Bonchev–Trinajstić information content (AvgIpc) is 3.16. The van der Waals surface area contributed by atoms with Gasteiger partial charge in [-0.1, -0.05) is 12.5 Å². The van der Waals surface area contributed by atoms with E-state index in [9.17, 15) is 5.26 Å². The van der Waals surface area contributed by atoms with E-state index in [0.29, 0.717) is 23.8 Å². The van der Waals surface area contributed by atoms with Crippen LogP contribution in [0.4, 0.5) is 0 Å². The molecule has 1 fully saturated rings. The van der Waals surface area contributed by atoms with Crippen LogP contribution in [0.2, 0.25) is 0 Å². The number of piperidine rings is 1. The summed E-state index contributed by atoms with van der Waals surface area (Å²) < 4.78 is 6.01. The van der Waals surface area contributed by atoms with Crippen LogP contribution in [0.1, 0.15) is 44.6 Å². The summed E-state index contributed by atoms with van der Waals surface area (Å²) in [5, 5.41) is 21.1. The molecule has 1 saturated heterocycles. The van der Waals surface area contributed by atoms with Crippen molar-refractivity contribution >= 4 is 10.9 Å². The lowest BCUT2D eigenvalue weighted by atomic mass is 9.84. The average molecular weight is 403 g/mol. The number of dihydropyridines is 1. The maximum Gasteiger partial charge on any atom is 0.240 e. The van der Waals surface area contributed by atoms with Crippen molar-refractivity contribution in [1.29, 1.82) is 5.26 Å². The van der Waals surface area contributed by atoms with Crippen LogP contribution in [-0.2, 0) is 0 Å². The van der Waals surface area contributed by atoms with Crippen LogP contribution in [-0.4, -0.2) is 41.3 Å². The molecule has 2 aliphatic heterocycles. The summed E-state index contributed by atoms with van der Waals surface area (Å²) in [6.07, 6.45) is 3.84. The number of likely N-dealkylation sites (tertiary alicyclic amines) is 1. The molecule has 0 bridgehead atoms. The molecule has 7 nitrogen and oxygen atoms in total. The summed E-state index contributed by atoms with van der Waals surface area (Å²) in [5.41, 5.74) is 4.47. The van der Waals surface area contributed by atoms with Crippen LogP contribution >= 0.6 is 0 Å². The summed E-state index contributed by atoms with van der Waals surface area (Å²) >= 11 is 0. The molecule has 0 aliphatic carbocycles. The van der Waals surface area contributed by atoms with E-state index in [1.54, 1.807) is 0 Å². The van der Waals surface area contributed by atoms with Gasteiger partial charge >= 0.3 is 0 Å². The second kappa shape index (κ2) is 8.61. The minimum atomic E-state index is -0.380. The molecule has 2 aromatic rings. The summed E-state index contributed by atoms with van der Waals surface area (Å²) in [7, 11) is 0. The number of fused-ring (bicyclic) bond motifs is 1. The van der Waals surface area contributed by atoms with Crippen molar-refractivity contribution in [3.05, 3.63) is 57.8 Å². The maximum absolute atomic E-state index is 9.74. The number of rotatable bonds is 5. The number of hydrogen-bond donors (Lipinski definition) is 2. The molecule has 7 heteroatoms. The van der Waals surface area contributed by atoms with Crippen molar-refractivity contribution in [3.63, 3.8) is 0 Å². The lowest BCUT2D eigenvalue weighted by Gasteiger charge is -2.26. The Bertz CT molecular complexity index is 1060. The van der Waals surface area contributed by atoms with Gasteiger partial charge in [0.15, 0.2) is 5.70 Å². The molecule has 0 spiro atoms. The summed E-state index contributed by atoms with van der Waals surface area (Å²) in [6.45, 7) is 15.2. The normalized spacial score (nSPS) is 20.1. The van der Waals surface area contributed by atoms with E-state index < -0.39 is 0 Å². The zero-order valence-corrected chi connectivity index (χ0v) is 17.5. The number of allylic oxidation sites excluding steroid dienone is 3. The second-order valence-corrected chi connectivity index (χ2v) is 7.92. The highest BCUT2D eigenvalue weighted by molar-refractivity contribution is 5.85. The largest absolute Gasteiger partial charge is 0.475 e. The fourth-order valence-electron chi connectivity index (χ4n) is 4.36. The van der Waals surface area contributed by atoms with Gasteiger partial charge in [0, 0.05) is 17.9 Å². The highest BCUT2D eigenvalue weighted by atomic mass is 16.5. The Kier molecular flexibility index (Phi) is 5.74. The molecule has 1 aromatic heterocycles. The van der Waals surface area contributed by atoms with Crippen LogP contribution in [0.15, 0.2) is 40.9 Å². The molecule has 2 N–H and O–H groups in total. The topological polar surface area (TPSA) is 81.3 Å². The highest BCUT2D eigenvalue weighted by Crippen LogP contribution is 2.39. The molecule has 1 aromatic carbocycles. The molecule has 1 unspecified atom stereocenters. The standard InChI is InChI=1S/C23H26N6O/c1-15-19(14-24)21(22(25-3)16(2)26-15)17-7-8-20-18(13-17)23(28-27-20)30-12-11-29-9-5-4-6-10-29/h7-8,13,21,26H,4-6,9-12H2,1-2H3,(H,27,28). The Morgan fingerprint density at radius 1 is 1.27 bits per heavy atom. The predicted molar refractivity (Wildman–Crippen MR) is 115 cm³/mol. The number of aromatic amines is 1. The Hall–Kier alpha value is -3.29. The van der Waals surface area contributed by atoms with Crippen molar-refractivity contribution in [2.45, 2.75) is 39.0 Å². The van der Waals surface area contributed by atoms with Crippen LogP contribution < -0.4 is 10.1 Å². The zero-order chi connectivity index (χ0) is 21.1. The van der Waals surface area contributed by atoms with Crippen molar-refractivity contribution < 1.29 is 4.74 Å². The first-order chi connectivity index (χ1) is 14.6. The Morgan fingerprint density at radius 2 is 2.07 bits per heavy atom. The third kappa shape index (κ3) is 3.77. The quantitative estimate of drug-likeness (QED) is 0.737. The molecule has 0 radical (unpaired) electrons. The minimum Gasteiger partial charge on any atom is -0.475 e. The first-order valence-electron chi connectivity index (χ1n) is 10.4. The Balaban J connectivity index is 1.61. The summed E-state index contributed by atoms with van der Waals surface area (Å²) in [5.74, 6) is 0.191. The number of H-pyrrole nitrogens is 1. The number of nitrogens with zero attached hydrogens (tertiary/aromatic N) is 4. The molecule has 3 heterocycles. The van der Waals surface area contributed by atoms with Gasteiger partial charge in [-0.05, 0) is 57.5 Å². The van der Waals surface area contributed by atoms with Crippen LogP contribution in [0.3, 0.4) is 0 Å². The number of benzene rings is 1. The number of aromatic nitrogens is 2. The molecule has 0 saturated carbocycles. The smallest absolute Gasteiger partial charge is 0.240 e. The minimum absolute atomic E-state index is 0.380. The van der Waals surface area contributed by atoms with Gasteiger partial charge in [0.25, 0.3) is 0 Å². The second-order valence-electron chi connectivity index (χ2n) is 7.92. The van der Waals surface area contributed by atoms with Crippen molar-refractivity contribution in [3.8, 4) is 11.9 Å². The van der Waals surface area contributed by atoms with Gasteiger partial charge in [0.05, 0.1) is 35.0 Å². The van der Waals surface area contributed by atoms with E-state index in [-0.39, 0.29) is 5.92 Å². The van der Waals surface area contributed by atoms with Crippen LogP contribution in [0, 0.1) is 17.9 Å². The van der Waals surface area contributed by atoms with Crippen molar-refractivity contribution in [1.82, 2.24) is 20.4 Å². The van der Waals surface area contributed by atoms with Crippen molar-refractivity contribution in [2.75, 3.05) is 26.2 Å². The van der Waals surface area contributed by atoms with Gasteiger partial charge in [-0.15, -0.1) is 5.10 Å². The number of nitrogens with one attached hydrogen (secondary N) is 2. The van der Waals surface area contributed by atoms with Gasteiger partial charge in [-0.25, -0.2) is 4.85 Å². The molecular weight excluding hydrogens is 376 g/mol. The van der Waals surface area contributed by atoms with E-state index in [4.69, 9.17) is 11.3 Å². The maximum atomic E-state index is 9.74. The van der Waals surface area contributed by atoms with Gasteiger partial charge < -0.3 is 10.1 Å². The molecule has 4 rings (SSSR count). The van der Waals surface area contributed by atoms with Gasteiger partial charge in [0.2, 0.25) is 5.88 Å². The summed E-state index contributed by atoms with van der Waals surface area (Å²) in [4.78, 5) is 6.16. The van der Waals surface area contributed by atoms with E-state index >= 15 is 0 Å². The number of ether oxygens (including phenoxy) is 1. The summed E-state index contributed by atoms with van der Waals surface area (Å²) in [6, 6.07) is 8.19. The molecule has 0 amide bonds. The third-order valence-electron chi connectivity index (χ3n) is 5.95. The molecule has 1 atom stereocenters.